The maximum Gasteiger partial charge on any atom is 0.330 e. The van der Waals surface area contributed by atoms with Crippen LogP contribution in [0.25, 0.3) is 4.48 Å². The van der Waals surface area contributed by atoms with Gasteiger partial charge in [0, 0.05) is 24.0 Å². The molecule has 1 aliphatic heterocycles. The average Bonchev–Trinajstić information content (AvgIpc) is 2.80. The Kier molecular flexibility index (Phi) is 4.99. The van der Waals surface area contributed by atoms with E-state index in [1.54, 1.807) is 0 Å². The van der Waals surface area contributed by atoms with Crippen LogP contribution in [-0.2, 0) is 9.53 Å². The van der Waals surface area contributed by atoms with Gasteiger partial charge in [0.25, 0.3) is 5.56 Å². The van der Waals surface area contributed by atoms with Gasteiger partial charge in [0.1, 0.15) is 12.3 Å². The van der Waals surface area contributed by atoms with Gasteiger partial charge in [-0.2, -0.15) is 0 Å². The fraction of sp³-hybridized carbons (Fsp3) is 0.462. The highest BCUT2D eigenvalue weighted by Gasteiger charge is 2.36. The lowest BCUT2D eigenvalue weighted by atomic mass is 10.1. The monoisotopic (exact) mass is 373 g/mol. The molecule has 3 atom stereocenters. The molecule has 1 aromatic heterocycles. The first kappa shape index (κ1) is 16.7. The number of halogens is 1. The van der Waals surface area contributed by atoms with Gasteiger partial charge >= 0.3 is 5.69 Å². The molecule has 0 aliphatic carbocycles. The maximum atomic E-state index is 12.0. The largest absolute Gasteiger partial charge is 0.394 e. The van der Waals surface area contributed by atoms with Crippen LogP contribution in [0.4, 0.5) is 0 Å². The van der Waals surface area contributed by atoms with Crippen LogP contribution in [-0.4, -0.2) is 39.3 Å². The summed E-state index contributed by atoms with van der Waals surface area (Å²) in [6.45, 7) is 4.68. The molecule has 9 heteroatoms. The van der Waals surface area contributed by atoms with Gasteiger partial charge in [-0.1, -0.05) is 22.5 Å². The smallest absolute Gasteiger partial charge is 0.330 e. The van der Waals surface area contributed by atoms with E-state index in [0.717, 1.165) is 0 Å². The Balaban J connectivity index is 2.35. The lowest BCUT2D eigenvalue weighted by Crippen LogP contribution is -2.40. The molecule has 1 amide bonds. The van der Waals surface area contributed by atoms with E-state index in [9.17, 15) is 19.5 Å². The van der Waals surface area contributed by atoms with Gasteiger partial charge in [-0.25, -0.2) is 4.79 Å². The molecule has 8 nitrogen and oxygen atoms in total. The molecular weight excluding hydrogens is 358 g/mol. The minimum absolute atomic E-state index is 0.201. The predicted molar refractivity (Wildman–Crippen MR) is 82.5 cm³/mol. The number of aliphatic hydroxyl groups is 1. The molecule has 0 radical (unpaired) electrons. The van der Waals surface area contributed by atoms with Crippen LogP contribution in [0.15, 0.2) is 22.4 Å². The summed E-state index contributed by atoms with van der Waals surface area (Å²) >= 11 is 3.10. The van der Waals surface area contributed by atoms with E-state index in [-0.39, 0.29) is 18.1 Å². The number of hydrogen-bond acceptors (Lipinski definition) is 5. The molecule has 22 heavy (non-hydrogen) atoms. The first-order chi connectivity index (χ1) is 10.3. The summed E-state index contributed by atoms with van der Waals surface area (Å²) in [4.78, 5) is 37.0. The Labute approximate surface area is 133 Å². The van der Waals surface area contributed by atoms with Crippen LogP contribution in [0.3, 0.4) is 0 Å². The molecule has 0 saturated carbocycles. The number of amides is 1. The number of hydrogen-bond donors (Lipinski definition) is 3. The van der Waals surface area contributed by atoms with Crippen molar-refractivity contribution in [3.05, 3.63) is 39.2 Å². The molecule has 3 N–H and O–H groups in total. The molecule has 1 aliphatic rings. The highest BCUT2D eigenvalue weighted by molar-refractivity contribution is 9.15. The van der Waals surface area contributed by atoms with Gasteiger partial charge in [0.2, 0.25) is 5.91 Å². The van der Waals surface area contributed by atoms with Gasteiger partial charge in [-0.05, 0) is 0 Å². The predicted octanol–water partition coefficient (Wildman–Crippen LogP) is -0.313. The van der Waals surface area contributed by atoms with Gasteiger partial charge < -0.3 is 15.2 Å². The number of H-pyrrole nitrogens is 1. The molecule has 0 aromatic carbocycles. The van der Waals surface area contributed by atoms with E-state index in [1.165, 1.54) is 17.7 Å². The van der Waals surface area contributed by atoms with Crippen molar-refractivity contribution < 1.29 is 14.6 Å². The standard InChI is InChI=1S/C13H16BrN3O5/c1-6(14)8-4-17(13(21)16-12(8)20)11-3-9(15-7(2)19)10(5-18)22-11/h4,9-11,18H,1,3,5H2,2H3,(H,15,19)(H,16,20,21)/t9?,10-,11-/m1/s1. The van der Waals surface area contributed by atoms with Crippen LogP contribution in [0.5, 0.6) is 0 Å². The number of ether oxygens (including phenoxy) is 1. The van der Waals surface area contributed by atoms with Gasteiger partial charge in [0.05, 0.1) is 18.2 Å². The number of aromatic amines is 1. The second-order valence-electron chi connectivity index (χ2n) is 4.97. The summed E-state index contributed by atoms with van der Waals surface area (Å²) in [5.41, 5.74) is -0.988. The Morgan fingerprint density at radius 2 is 2.32 bits per heavy atom. The first-order valence-corrected chi connectivity index (χ1v) is 7.36. The van der Waals surface area contributed by atoms with E-state index in [0.29, 0.717) is 10.9 Å². The molecule has 120 valence electrons. The fourth-order valence-corrected chi connectivity index (χ4v) is 2.66. The molecule has 1 saturated heterocycles. The van der Waals surface area contributed by atoms with Crippen LogP contribution in [0.2, 0.25) is 0 Å². The molecule has 2 heterocycles. The van der Waals surface area contributed by atoms with Crippen LogP contribution in [0, 0.1) is 0 Å². The molecule has 1 unspecified atom stereocenters. The summed E-state index contributed by atoms with van der Waals surface area (Å²) in [6, 6.07) is -0.415. The molecule has 2 rings (SSSR count). The second kappa shape index (κ2) is 6.59. The quantitative estimate of drug-likeness (QED) is 0.669. The zero-order valence-corrected chi connectivity index (χ0v) is 13.4. The highest BCUT2D eigenvalue weighted by Crippen LogP contribution is 2.28. The van der Waals surface area contributed by atoms with Crippen molar-refractivity contribution in [2.45, 2.75) is 31.7 Å². The minimum Gasteiger partial charge on any atom is -0.394 e. The first-order valence-electron chi connectivity index (χ1n) is 6.57. The van der Waals surface area contributed by atoms with E-state index < -0.39 is 29.6 Å². The number of carbonyl (C=O) groups is 1. The number of aliphatic hydroxyl groups excluding tert-OH is 1. The van der Waals surface area contributed by atoms with Crippen LogP contribution in [0.1, 0.15) is 25.1 Å². The minimum atomic E-state index is -0.705. The summed E-state index contributed by atoms with van der Waals surface area (Å²) in [5.74, 6) is -0.254. The fourth-order valence-electron chi connectivity index (χ4n) is 2.38. The summed E-state index contributed by atoms with van der Waals surface area (Å²) in [5, 5.41) is 12.0. The van der Waals surface area contributed by atoms with Crippen LogP contribution >= 0.6 is 15.9 Å². The van der Waals surface area contributed by atoms with E-state index >= 15 is 0 Å². The Hall–Kier alpha value is -1.71. The third-order valence-electron chi connectivity index (χ3n) is 3.38. The third-order valence-corrected chi connectivity index (χ3v) is 3.80. The van der Waals surface area contributed by atoms with Crippen molar-refractivity contribution in [1.82, 2.24) is 14.9 Å². The zero-order valence-electron chi connectivity index (χ0n) is 11.8. The van der Waals surface area contributed by atoms with Crippen molar-refractivity contribution in [2.75, 3.05) is 6.61 Å². The molecule has 1 fully saturated rings. The lowest BCUT2D eigenvalue weighted by molar-refractivity contribution is -0.120. The third kappa shape index (κ3) is 3.37. The molecule has 1 aromatic rings. The normalized spacial score (nSPS) is 24.2. The van der Waals surface area contributed by atoms with Crippen molar-refractivity contribution >= 4 is 26.3 Å². The van der Waals surface area contributed by atoms with E-state index in [1.807, 2.05) is 0 Å². The number of nitrogens with one attached hydrogen (secondary N) is 2. The molecular formula is C13H16BrN3O5. The van der Waals surface area contributed by atoms with Crippen molar-refractivity contribution in [2.24, 2.45) is 0 Å². The van der Waals surface area contributed by atoms with Gasteiger partial charge in [-0.15, -0.1) is 0 Å². The van der Waals surface area contributed by atoms with Crippen molar-refractivity contribution in [1.29, 1.82) is 0 Å². The average molecular weight is 374 g/mol. The molecule has 0 bridgehead atoms. The number of nitrogens with zero attached hydrogens (tertiary/aromatic N) is 1. The topological polar surface area (TPSA) is 113 Å². The van der Waals surface area contributed by atoms with Gasteiger partial charge in [-0.3, -0.25) is 19.1 Å². The molecule has 0 spiro atoms. The SMILES string of the molecule is C=C(Br)c1cn([C@H]2CC(NC(C)=O)[C@@H](CO)O2)c(=O)[nH]c1=O. The van der Waals surface area contributed by atoms with Crippen LogP contribution < -0.4 is 16.6 Å². The zero-order chi connectivity index (χ0) is 16.4. The number of rotatable bonds is 4. The second-order valence-corrected chi connectivity index (χ2v) is 5.93. The summed E-state index contributed by atoms with van der Waals surface area (Å²) in [6.07, 6.45) is 0.311. The summed E-state index contributed by atoms with van der Waals surface area (Å²) in [7, 11) is 0. The Morgan fingerprint density at radius 1 is 1.64 bits per heavy atom. The maximum absolute atomic E-state index is 12.0. The van der Waals surface area contributed by atoms with E-state index in [4.69, 9.17) is 4.74 Å². The lowest BCUT2D eigenvalue weighted by Gasteiger charge is -2.16. The number of aromatic nitrogens is 2. The summed E-state index contributed by atoms with van der Waals surface area (Å²) < 4.78 is 7.14. The number of carbonyl (C=O) groups excluding carboxylic acids is 1. The highest BCUT2D eigenvalue weighted by atomic mass is 79.9. The Bertz CT molecular complexity index is 710. The Morgan fingerprint density at radius 3 is 2.86 bits per heavy atom. The van der Waals surface area contributed by atoms with Crippen molar-refractivity contribution in [3.63, 3.8) is 0 Å². The van der Waals surface area contributed by atoms with Gasteiger partial charge in [0.15, 0.2) is 0 Å². The van der Waals surface area contributed by atoms with E-state index in [2.05, 4.69) is 32.8 Å². The van der Waals surface area contributed by atoms with Crippen molar-refractivity contribution in [3.8, 4) is 0 Å².